The van der Waals surface area contributed by atoms with Gasteiger partial charge in [0, 0.05) is 23.8 Å². The molecule has 0 radical (unpaired) electrons. The van der Waals surface area contributed by atoms with Crippen LogP contribution < -0.4 is 10.6 Å². The quantitative estimate of drug-likeness (QED) is 0.757. The van der Waals surface area contributed by atoms with Crippen LogP contribution in [0.1, 0.15) is 5.56 Å². The first-order chi connectivity index (χ1) is 8.00. The molecule has 0 aliphatic carbocycles. The lowest BCUT2D eigenvalue weighted by atomic mass is 10.0. The Morgan fingerprint density at radius 3 is 2.82 bits per heavy atom. The van der Waals surface area contributed by atoms with Crippen molar-refractivity contribution < 1.29 is 4.79 Å². The summed E-state index contributed by atoms with van der Waals surface area (Å²) in [5.41, 5.74) is 1.14. The third-order valence-electron chi connectivity index (χ3n) is 3.01. The fourth-order valence-electron chi connectivity index (χ4n) is 1.97. The van der Waals surface area contributed by atoms with Crippen molar-refractivity contribution in [3.8, 4) is 0 Å². The molecule has 1 atom stereocenters. The topological polar surface area (TPSA) is 32.7 Å². The van der Waals surface area contributed by atoms with Crippen LogP contribution in [-0.2, 0) is 4.79 Å². The van der Waals surface area contributed by atoms with Gasteiger partial charge in [-0.3, -0.25) is 9.79 Å². The van der Waals surface area contributed by atoms with Crippen molar-refractivity contribution in [3.05, 3.63) is 32.7 Å². The molecule has 1 aromatic rings. The minimum Gasteiger partial charge on any atom is -0.348 e. The maximum absolute atomic E-state index is 11.9. The number of amides is 1. The first-order valence-corrected chi connectivity index (χ1v) is 6.32. The second-order valence-electron chi connectivity index (χ2n) is 4.45. The summed E-state index contributed by atoms with van der Waals surface area (Å²) in [6.45, 7) is 2.59. The van der Waals surface area contributed by atoms with E-state index in [1.165, 1.54) is 0 Å². The maximum Gasteiger partial charge on any atom is 0.230 e. The summed E-state index contributed by atoms with van der Waals surface area (Å²) in [7, 11) is 3.55. The van der Waals surface area contributed by atoms with E-state index in [4.69, 9.17) is 0 Å². The molecule has 0 aromatic heterocycles. The lowest BCUT2D eigenvalue weighted by Gasteiger charge is -2.18. The van der Waals surface area contributed by atoms with Gasteiger partial charge in [-0.1, -0.05) is 22.0 Å². The highest BCUT2D eigenvalue weighted by Crippen LogP contribution is 2.12. The van der Waals surface area contributed by atoms with Gasteiger partial charge >= 0.3 is 0 Å². The molecule has 4 heteroatoms. The van der Waals surface area contributed by atoms with Crippen LogP contribution in [0.25, 0.3) is 6.08 Å². The number of carbonyl (C=O) groups is 1. The fourth-order valence-corrected chi connectivity index (χ4v) is 2.31. The molecule has 1 amide bonds. The van der Waals surface area contributed by atoms with Gasteiger partial charge in [-0.25, -0.2) is 0 Å². The zero-order chi connectivity index (χ0) is 12.6. The molecule has 1 heterocycles. The molecule has 2 rings (SSSR count). The third kappa shape index (κ3) is 2.27. The van der Waals surface area contributed by atoms with Gasteiger partial charge in [0.25, 0.3) is 0 Å². The van der Waals surface area contributed by atoms with E-state index in [9.17, 15) is 4.79 Å². The number of fused-ring (bicyclic) bond motifs is 1. The van der Waals surface area contributed by atoms with Gasteiger partial charge < -0.3 is 4.90 Å². The van der Waals surface area contributed by atoms with E-state index in [-0.39, 0.29) is 11.8 Å². The van der Waals surface area contributed by atoms with E-state index >= 15 is 0 Å². The Balaban J connectivity index is 2.53. The molecule has 0 fully saturated rings. The van der Waals surface area contributed by atoms with Gasteiger partial charge in [0.15, 0.2) is 0 Å². The maximum atomic E-state index is 11.9. The summed E-state index contributed by atoms with van der Waals surface area (Å²) in [5.74, 6) is -0.0238. The summed E-state index contributed by atoms with van der Waals surface area (Å²) in [6, 6.07) is 3.98. The SMILES string of the molecule is Cc1c(Br)ccc2c1=CC(C(=O)N(C)C)CN=2. The number of hydrogen-bond donors (Lipinski definition) is 0. The van der Waals surface area contributed by atoms with E-state index in [1.807, 2.05) is 25.1 Å². The zero-order valence-electron chi connectivity index (χ0n) is 10.2. The van der Waals surface area contributed by atoms with Crippen molar-refractivity contribution in [2.45, 2.75) is 6.92 Å². The highest BCUT2D eigenvalue weighted by molar-refractivity contribution is 9.10. The highest BCUT2D eigenvalue weighted by atomic mass is 79.9. The van der Waals surface area contributed by atoms with Crippen molar-refractivity contribution in [1.29, 1.82) is 0 Å². The van der Waals surface area contributed by atoms with Gasteiger partial charge in [-0.05, 0) is 24.6 Å². The Kier molecular flexibility index (Phi) is 3.33. The van der Waals surface area contributed by atoms with Crippen LogP contribution in [0.3, 0.4) is 0 Å². The Labute approximate surface area is 109 Å². The average Bonchev–Trinajstić information content (AvgIpc) is 2.32. The Morgan fingerprint density at radius 1 is 1.47 bits per heavy atom. The van der Waals surface area contributed by atoms with Crippen molar-refractivity contribution in [2.24, 2.45) is 10.9 Å². The molecule has 1 aliphatic heterocycles. The molecule has 1 aliphatic rings. The molecule has 0 saturated heterocycles. The lowest BCUT2D eigenvalue weighted by molar-refractivity contribution is -0.130. The van der Waals surface area contributed by atoms with Gasteiger partial charge in [0.05, 0.1) is 17.8 Å². The lowest BCUT2D eigenvalue weighted by Crippen LogP contribution is -2.39. The minimum atomic E-state index is -0.134. The summed E-state index contributed by atoms with van der Waals surface area (Å²) < 4.78 is 1.06. The summed E-state index contributed by atoms with van der Waals surface area (Å²) in [5, 5.41) is 2.05. The molecule has 0 spiro atoms. The van der Waals surface area contributed by atoms with Crippen molar-refractivity contribution >= 4 is 27.9 Å². The van der Waals surface area contributed by atoms with Crippen molar-refractivity contribution in [3.63, 3.8) is 0 Å². The number of halogens is 1. The molecule has 1 unspecified atom stereocenters. The number of carbonyl (C=O) groups excluding carboxylic acids is 1. The Morgan fingerprint density at radius 2 is 2.18 bits per heavy atom. The van der Waals surface area contributed by atoms with Crippen LogP contribution in [0.15, 0.2) is 21.6 Å². The molecule has 0 N–H and O–H groups in total. The first kappa shape index (κ1) is 12.3. The van der Waals surface area contributed by atoms with Crippen LogP contribution in [0.5, 0.6) is 0 Å². The largest absolute Gasteiger partial charge is 0.348 e. The van der Waals surface area contributed by atoms with E-state index in [0.717, 1.165) is 20.6 Å². The number of rotatable bonds is 1. The van der Waals surface area contributed by atoms with Crippen LogP contribution >= 0.6 is 15.9 Å². The molecule has 0 saturated carbocycles. The number of nitrogens with zero attached hydrogens (tertiary/aromatic N) is 2. The predicted octanol–water partition coefficient (Wildman–Crippen LogP) is 0.876. The fraction of sp³-hybridized carbons (Fsp3) is 0.385. The second-order valence-corrected chi connectivity index (χ2v) is 5.31. The van der Waals surface area contributed by atoms with E-state index < -0.39 is 0 Å². The van der Waals surface area contributed by atoms with E-state index in [0.29, 0.717) is 6.54 Å². The van der Waals surface area contributed by atoms with Crippen molar-refractivity contribution in [2.75, 3.05) is 20.6 Å². The highest BCUT2D eigenvalue weighted by Gasteiger charge is 2.19. The van der Waals surface area contributed by atoms with E-state index in [2.05, 4.69) is 20.9 Å². The molecule has 17 heavy (non-hydrogen) atoms. The zero-order valence-corrected chi connectivity index (χ0v) is 11.8. The normalized spacial score (nSPS) is 17.8. The molecule has 90 valence electrons. The predicted molar refractivity (Wildman–Crippen MR) is 71.2 cm³/mol. The van der Waals surface area contributed by atoms with Gasteiger partial charge in [-0.15, -0.1) is 0 Å². The molecular formula is C13H15BrN2O. The second kappa shape index (κ2) is 4.61. The van der Waals surface area contributed by atoms with Crippen molar-refractivity contribution in [1.82, 2.24) is 4.90 Å². The van der Waals surface area contributed by atoms with Gasteiger partial charge in [0.1, 0.15) is 0 Å². The number of benzene rings is 1. The summed E-state index contributed by atoms with van der Waals surface area (Å²) in [4.78, 5) is 18.0. The minimum absolute atomic E-state index is 0.110. The van der Waals surface area contributed by atoms with Gasteiger partial charge in [0.2, 0.25) is 5.91 Å². The molecular weight excluding hydrogens is 280 g/mol. The summed E-state index contributed by atoms with van der Waals surface area (Å²) in [6.07, 6.45) is 2.03. The number of hydrogen-bond acceptors (Lipinski definition) is 2. The van der Waals surface area contributed by atoms with Crippen LogP contribution in [0.2, 0.25) is 0 Å². The standard InChI is InChI=1S/C13H15BrN2O/c1-8-10-6-9(13(17)16(2)3)7-15-12(10)5-4-11(8)14/h4-6,9H,7H2,1-3H3. The monoisotopic (exact) mass is 294 g/mol. The Hall–Kier alpha value is -1.16. The molecule has 0 bridgehead atoms. The van der Waals surface area contributed by atoms with Crippen LogP contribution in [-0.4, -0.2) is 31.4 Å². The third-order valence-corrected chi connectivity index (χ3v) is 3.87. The molecule has 3 nitrogen and oxygen atoms in total. The smallest absolute Gasteiger partial charge is 0.230 e. The van der Waals surface area contributed by atoms with Crippen LogP contribution in [0.4, 0.5) is 0 Å². The summed E-state index contributed by atoms with van der Waals surface area (Å²) >= 11 is 3.50. The average molecular weight is 295 g/mol. The van der Waals surface area contributed by atoms with E-state index in [1.54, 1.807) is 19.0 Å². The van der Waals surface area contributed by atoms with Gasteiger partial charge in [-0.2, -0.15) is 0 Å². The molecule has 1 aromatic carbocycles. The van der Waals surface area contributed by atoms with Crippen LogP contribution in [0, 0.1) is 12.8 Å². The first-order valence-electron chi connectivity index (χ1n) is 5.53. The Bertz CT molecular complexity index is 578.